The summed E-state index contributed by atoms with van der Waals surface area (Å²) < 4.78 is 13.7. The van der Waals surface area contributed by atoms with Gasteiger partial charge in [0.2, 0.25) is 0 Å². The fraction of sp³-hybridized carbons (Fsp3) is 0.462. The van der Waals surface area contributed by atoms with Gasteiger partial charge < -0.3 is 4.79 Å². The molecular weight excluding hydrogens is 191 g/mol. The summed E-state index contributed by atoms with van der Waals surface area (Å²) in [7, 11) is 0. The van der Waals surface area contributed by atoms with Crippen LogP contribution in [0.25, 0.3) is 0 Å². The van der Waals surface area contributed by atoms with Gasteiger partial charge in [0.15, 0.2) is 0 Å². The summed E-state index contributed by atoms with van der Waals surface area (Å²) in [6, 6.07) is 5.18. The predicted molar refractivity (Wildman–Crippen MR) is 57.3 cm³/mol. The Balaban J connectivity index is 2.48. The number of fused-ring (bicyclic) bond motifs is 1. The maximum absolute atomic E-state index is 13.7. The normalized spacial score (nSPS) is 20.1. The average Bonchev–Trinajstić information content (AvgIpc) is 2.63. The van der Waals surface area contributed by atoms with E-state index in [0.717, 1.165) is 30.3 Å². The van der Waals surface area contributed by atoms with E-state index in [-0.39, 0.29) is 11.7 Å². The zero-order chi connectivity index (χ0) is 11.1. The van der Waals surface area contributed by atoms with E-state index in [1.807, 2.05) is 19.9 Å². The first-order valence-corrected chi connectivity index (χ1v) is 5.30. The number of benzene rings is 1. The van der Waals surface area contributed by atoms with Crippen molar-refractivity contribution < 1.29 is 9.18 Å². The molecule has 1 aromatic carbocycles. The third-order valence-electron chi connectivity index (χ3n) is 3.40. The Morgan fingerprint density at radius 1 is 1.47 bits per heavy atom. The smallest absolute Gasteiger partial charge is 0.126 e. The van der Waals surface area contributed by atoms with Crippen molar-refractivity contribution in [2.45, 2.75) is 32.6 Å². The van der Waals surface area contributed by atoms with E-state index in [9.17, 15) is 9.18 Å². The van der Waals surface area contributed by atoms with Crippen LogP contribution in [0.2, 0.25) is 0 Å². The first-order chi connectivity index (χ1) is 7.06. The number of halogens is 1. The van der Waals surface area contributed by atoms with Gasteiger partial charge in [-0.05, 0) is 36.0 Å². The van der Waals surface area contributed by atoms with Crippen molar-refractivity contribution in [3.63, 3.8) is 0 Å². The molecule has 15 heavy (non-hydrogen) atoms. The number of carbonyl (C=O) groups is 1. The van der Waals surface area contributed by atoms with Crippen LogP contribution in [0.4, 0.5) is 4.39 Å². The summed E-state index contributed by atoms with van der Waals surface area (Å²) >= 11 is 0. The molecule has 1 aromatic rings. The summed E-state index contributed by atoms with van der Waals surface area (Å²) in [5.74, 6) is -0.129. The van der Waals surface area contributed by atoms with E-state index in [2.05, 4.69) is 0 Å². The van der Waals surface area contributed by atoms with Gasteiger partial charge in [0.1, 0.15) is 12.1 Å². The maximum Gasteiger partial charge on any atom is 0.126 e. The number of hydrogen-bond donors (Lipinski definition) is 0. The first kappa shape index (κ1) is 10.3. The highest BCUT2D eigenvalue weighted by Gasteiger charge is 2.37. The van der Waals surface area contributed by atoms with Crippen LogP contribution < -0.4 is 0 Å². The van der Waals surface area contributed by atoms with Gasteiger partial charge >= 0.3 is 0 Å². The Morgan fingerprint density at radius 2 is 2.20 bits per heavy atom. The highest BCUT2D eigenvalue weighted by atomic mass is 19.1. The highest BCUT2D eigenvalue weighted by molar-refractivity contribution is 5.61. The zero-order valence-corrected chi connectivity index (χ0v) is 9.09. The lowest BCUT2D eigenvalue weighted by Crippen LogP contribution is -2.22. The zero-order valence-electron chi connectivity index (χ0n) is 9.09. The molecule has 80 valence electrons. The fourth-order valence-corrected chi connectivity index (χ4v) is 2.46. The summed E-state index contributed by atoms with van der Waals surface area (Å²) in [5, 5.41) is 0. The van der Waals surface area contributed by atoms with Crippen molar-refractivity contribution in [2.24, 2.45) is 5.41 Å². The Kier molecular flexibility index (Phi) is 2.37. The van der Waals surface area contributed by atoms with Crippen LogP contribution in [0.3, 0.4) is 0 Å². The molecule has 0 aromatic heterocycles. The topological polar surface area (TPSA) is 17.1 Å². The Bertz CT molecular complexity index is 396. The highest BCUT2D eigenvalue weighted by Crippen LogP contribution is 2.44. The van der Waals surface area contributed by atoms with Crippen LogP contribution >= 0.6 is 0 Å². The molecule has 0 saturated carbocycles. The largest absolute Gasteiger partial charge is 0.303 e. The van der Waals surface area contributed by atoms with E-state index in [4.69, 9.17) is 0 Å². The van der Waals surface area contributed by atoms with Gasteiger partial charge in [-0.1, -0.05) is 26.0 Å². The van der Waals surface area contributed by atoms with Crippen LogP contribution in [0, 0.1) is 11.2 Å². The second-order valence-corrected chi connectivity index (χ2v) is 4.84. The van der Waals surface area contributed by atoms with Crippen molar-refractivity contribution in [1.82, 2.24) is 0 Å². The van der Waals surface area contributed by atoms with Gasteiger partial charge in [-0.3, -0.25) is 0 Å². The van der Waals surface area contributed by atoms with Crippen LogP contribution in [0.5, 0.6) is 0 Å². The van der Waals surface area contributed by atoms with Gasteiger partial charge in [-0.25, -0.2) is 4.39 Å². The molecule has 0 bridgehead atoms. The van der Waals surface area contributed by atoms with Gasteiger partial charge in [-0.15, -0.1) is 0 Å². The maximum atomic E-state index is 13.7. The standard InChI is InChI=1S/C13H15FO/c1-13(2,8-15)10-7-6-9-4-3-5-11(14)12(9)10/h3-5,8,10H,6-7H2,1-2H3. The summed E-state index contributed by atoms with van der Waals surface area (Å²) in [6.45, 7) is 3.76. The third-order valence-corrected chi connectivity index (χ3v) is 3.40. The molecule has 0 radical (unpaired) electrons. The second-order valence-electron chi connectivity index (χ2n) is 4.84. The molecule has 1 nitrogen and oxygen atoms in total. The predicted octanol–water partition coefficient (Wildman–Crippen LogP) is 3.08. The summed E-state index contributed by atoms with van der Waals surface area (Å²) in [5.41, 5.74) is 1.36. The van der Waals surface area contributed by atoms with Crippen LogP contribution in [-0.4, -0.2) is 6.29 Å². The van der Waals surface area contributed by atoms with Crippen molar-refractivity contribution in [1.29, 1.82) is 0 Å². The van der Waals surface area contributed by atoms with Crippen molar-refractivity contribution in [3.8, 4) is 0 Å². The lowest BCUT2D eigenvalue weighted by Gasteiger charge is -2.26. The van der Waals surface area contributed by atoms with Crippen molar-refractivity contribution in [3.05, 3.63) is 35.1 Å². The summed E-state index contributed by atoms with van der Waals surface area (Å²) in [4.78, 5) is 11.0. The number of aldehydes is 1. The molecular formula is C13H15FO. The van der Waals surface area contributed by atoms with E-state index in [0.29, 0.717) is 0 Å². The van der Waals surface area contributed by atoms with Crippen molar-refractivity contribution in [2.75, 3.05) is 0 Å². The lowest BCUT2D eigenvalue weighted by molar-refractivity contribution is -0.115. The van der Waals surface area contributed by atoms with Crippen molar-refractivity contribution >= 4 is 6.29 Å². The van der Waals surface area contributed by atoms with Gasteiger partial charge in [0.05, 0.1) is 0 Å². The van der Waals surface area contributed by atoms with Crippen LogP contribution in [0.1, 0.15) is 37.3 Å². The molecule has 0 fully saturated rings. The minimum Gasteiger partial charge on any atom is -0.303 e. The molecule has 0 saturated heterocycles. The minimum absolute atomic E-state index is 0.0335. The number of carbonyl (C=O) groups excluding carboxylic acids is 1. The monoisotopic (exact) mass is 206 g/mol. The molecule has 0 amide bonds. The van der Waals surface area contributed by atoms with Gasteiger partial charge in [-0.2, -0.15) is 0 Å². The van der Waals surface area contributed by atoms with Gasteiger partial charge in [0.25, 0.3) is 0 Å². The Hall–Kier alpha value is -1.18. The van der Waals surface area contributed by atoms with E-state index in [1.54, 1.807) is 6.07 Å². The Labute approximate surface area is 89.3 Å². The SMILES string of the molecule is CC(C)(C=O)C1CCc2cccc(F)c21. The molecule has 1 aliphatic rings. The molecule has 0 spiro atoms. The molecule has 1 atom stereocenters. The molecule has 0 heterocycles. The molecule has 0 N–H and O–H groups in total. The van der Waals surface area contributed by atoms with Gasteiger partial charge in [0, 0.05) is 5.41 Å². The van der Waals surface area contributed by atoms with Crippen LogP contribution in [0.15, 0.2) is 18.2 Å². The number of aryl methyl sites for hydroxylation is 1. The second kappa shape index (κ2) is 3.44. The minimum atomic E-state index is -0.465. The van der Waals surface area contributed by atoms with Crippen LogP contribution in [-0.2, 0) is 11.2 Å². The quantitative estimate of drug-likeness (QED) is 0.679. The third kappa shape index (κ3) is 1.58. The van der Waals surface area contributed by atoms with E-state index < -0.39 is 5.41 Å². The molecule has 2 heteroatoms. The number of hydrogen-bond acceptors (Lipinski definition) is 1. The molecule has 1 aliphatic carbocycles. The summed E-state index contributed by atoms with van der Waals surface area (Å²) in [6.07, 6.45) is 2.70. The lowest BCUT2D eigenvalue weighted by atomic mass is 9.77. The molecule has 1 unspecified atom stereocenters. The average molecular weight is 206 g/mol. The fourth-order valence-electron chi connectivity index (χ4n) is 2.46. The van der Waals surface area contributed by atoms with E-state index >= 15 is 0 Å². The molecule has 2 rings (SSSR count). The number of rotatable bonds is 2. The Morgan fingerprint density at radius 3 is 2.87 bits per heavy atom. The molecule has 0 aliphatic heterocycles. The first-order valence-electron chi connectivity index (χ1n) is 5.30. The van der Waals surface area contributed by atoms with E-state index in [1.165, 1.54) is 6.07 Å².